The van der Waals surface area contributed by atoms with E-state index in [-0.39, 0.29) is 0 Å². The third-order valence-electron chi connectivity index (χ3n) is 1.49. The van der Waals surface area contributed by atoms with Crippen LogP contribution in [0.2, 0.25) is 0 Å². The number of para-hydroxylation sites is 2. The molecule has 0 fully saturated rings. The molecular weight excluding hydrogens is 378 g/mol. The molecule has 0 saturated heterocycles. The molecule has 60 valence electrons. The lowest BCUT2D eigenvalue weighted by molar-refractivity contribution is 1.20. The van der Waals surface area contributed by atoms with Gasteiger partial charge in [-0.25, -0.2) is 9.97 Å². The van der Waals surface area contributed by atoms with Crippen LogP contribution in [0.5, 0.6) is 0 Å². The predicted molar refractivity (Wildman–Crippen MR) is 65.0 cm³/mol. The SMILES string of the molecule is Ic1nc2ccccc2nc1I. The van der Waals surface area contributed by atoms with Crippen molar-refractivity contribution in [3.05, 3.63) is 31.7 Å². The van der Waals surface area contributed by atoms with E-state index in [1.54, 1.807) is 0 Å². The summed E-state index contributed by atoms with van der Waals surface area (Å²) in [6.07, 6.45) is 0. The second-order valence-corrected chi connectivity index (χ2v) is 4.34. The van der Waals surface area contributed by atoms with E-state index in [0.29, 0.717) is 0 Å². The molecule has 0 amide bonds. The summed E-state index contributed by atoms with van der Waals surface area (Å²) in [4.78, 5) is 8.78. The first kappa shape index (κ1) is 8.61. The Morgan fingerprint density at radius 1 is 0.833 bits per heavy atom. The molecule has 2 rings (SSSR count). The van der Waals surface area contributed by atoms with E-state index < -0.39 is 0 Å². The van der Waals surface area contributed by atoms with Crippen molar-refractivity contribution in [3.63, 3.8) is 0 Å². The molecule has 0 spiro atoms. The van der Waals surface area contributed by atoms with Crippen molar-refractivity contribution in [3.8, 4) is 0 Å². The molecule has 0 unspecified atom stereocenters. The molecule has 0 radical (unpaired) electrons. The van der Waals surface area contributed by atoms with E-state index in [1.165, 1.54) is 0 Å². The fourth-order valence-electron chi connectivity index (χ4n) is 0.957. The van der Waals surface area contributed by atoms with Crippen molar-refractivity contribution in [1.29, 1.82) is 0 Å². The van der Waals surface area contributed by atoms with E-state index in [4.69, 9.17) is 0 Å². The van der Waals surface area contributed by atoms with Gasteiger partial charge in [-0.2, -0.15) is 0 Å². The van der Waals surface area contributed by atoms with Gasteiger partial charge in [0.05, 0.1) is 11.0 Å². The maximum absolute atomic E-state index is 4.39. The lowest BCUT2D eigenvalue weighted by atomic mass is 10.3. The van der Waals surface area contributed by atoms with Crippen LogP contribution in [0, 0.1) is 7.40 Å². The van der Waals surface area contributed by atoms with E-state index in [1.807, 2.05) is 24.3 Å². The van der Waals surface area contributed by atoms with Gasteiger partial charge >= 0.3 is 0 Å². The predicted octanol–water partition coefficient (Wildman–Crippen LogP) is 2.84. The standard InChI is InChI=1S/C8H4I2N2/c9-7-8(10)12-6-4-2-1-3-5(6)11-7/h1-4H. The van der Waals surface area contributed by atoms with Gasteiger partial charge in [0.25, 0.3) is 0 Å². The normalized spacial score (nSPS) is 10.5. The summed E-state index contributed by atoms with van der Waals surface area (Å²) in [6.45, 7) is 0. The highest BCUT2D eigenvalue weighted by Crippen LogP contribution is 2.15. The quantitative estimate of drug-likeness (QED) is 0.656. The van der Waals surface area contributed by atoms with Gasteiger partial charge in [-0.05, 0) is 57.3 Å². The highest BCUT2D eigenvalue weighted by atomic mass is 127. The Hall–Kier alpha value is 0.0200. The lowest BCUT2D eigenvalue weighted by Crippen LogP contribution is -1.91. The van der Waals surface area contributed by atoms with Crippen molar-refractivity contribution < 1.29 is 0 Å². The lowest BCUT2D eigenvalue weighted by Gasteiger charge is -1.98. The molecule has 0 N–H and O–H groups in total. The van der Waals surface area contributed by atoms with Gasteiger partial charge in [0, 0.05) is 0 Å². The fourth-order valence-corrected chi connectivity index (χ4v) is 1.72. The van der Waals surface area contributed by atoms with Crippen LogP contribution in [0.1, 0.15) is 0 Å². The Bertz CT molecular complexity index is 388. The number of hydrogen-bond donors (Lipinski definition) is 0. The Balaban J connectivity index is 2.84. The minimum absolute atomic E-state index is 0.960. The fraction of sp³-hybridized carbons (Fsp3) is 0. The second kappa shape index (κ2) is 3.41. The smallest absolute Gasteiger partial charge is 0.133 e. The summed E-state index contributed by atoms with van der Waals surface area (Å²) < 4.78 is 1.93. The average molecular weight is 382 g/mol. The van der Waals surface area contributed by atoms with Gasteiger partial charge in [0.15, 0.2) is 0 Å². The molecule has 0 aliphatic heterocycles. The van der Waals surface area contributed by atoms with E-state index in [2.05, 4.69) is 55.1 Å². The molecule has 0 bridgehead atoms. The number of nitrogens with zero attached hydrogens (tertiary/aromatic N) is 2. The molecule has 2 aromatic rings. The monoisotopic (exact) mass is 382 g/mol. The highest BCUT2D eigenvalue weighted by molar-refractivity contribution is 14.1. The van der Waals surface area contributed by atoms with Gasteiger partial charge in [-0.3, -0.25) is 0 Å². The molecule has 0 saturated carbocycles. The molecule has 1 heterocycles. The zero-order chi connectivity index (χ0) is 8.55. The van der Waals surface area contributed by atoms with Gasteiger partial charge < -0.3 is 0 Å². The van der Waals surface area contributed by atoms with Gasteiger partial charge in [0.1, 0.15) is 7.40 Å². The number of benzene rings is 1. The molecule has 0 aliphatic rings. The summed E-state index contributed by atoms with van der Waals surface area (Å²) in [7, 11) is 0. The van der Waals surface area contributed by atoms with Gasteiger partial charge in [-0.1, -0.05) is 12.1 Å². The van der Waals surface area contributed by atoms with Crippen molar-refractivity contribution in [2.75, 3.05) is 0 Å². The largest absolute Gasteiger partial charge is 0.237 e. The van der Waals surface area contributed by atoms with Crippen LogP contribution in [0.4, 0.5) is 0 Å². The molecule has 1 aromatic carbocycles. The molecule has 2 nitrogen and oxygen atoms in total. The third kappa shape index (κ3) is 1.54. The third-order valence-corrected chi connectivity index (χ3v) is 4.03. The van der Waals surface area contributed by atoms with Crippen LogP contribution in [-0.2, 0) is 0 Å². The molecular formula is C8H4I2N2. The van der Waals surface area contributed by atoms with Gasteiger partial charge in [-0.15, -0.1) is 0 Å². The topological polar surface area (TPSA) is 25.8 Å². The molecule has 12 heavy (non-hydrogen) atoms. The first-order chi connectivity index (χ1) is 5.77. The molecule has 0 atom stereocenters. The van der Waals surface area contributed by atoms with Crippen LogP contribution in [0.3, 0.4) is 0 Å². The molecule has 4 heteroatoms. The number of rotatable bonds is 0. The van der Waals surface area contributed by atoms with Crippen LogP contribution >= 0.6 is 45.2 Å². The van der Waals surface area contributed by atoms with Crippen molar-refractivity contribution in [1.82, 2.24) is 9.97 Å². The van der Waals surface area contributed by atoms with Crippen molar-refractivity contribution in [2.24, 2.45) is 0 Å². The van der Waals surface area contributed by atoms with Crippen molar-refractivity contribution in [2.45, 2.75) is 0 Å². The maximum atomic E-state index is 4.39. The second-order valence-electron chi connectivity index (χ2n) is 2.29. The van der Waals surface area contributed by atoms with Crippen LogP contribution in [0.25, 0.3) is 11.0 Å². The maximum Gasteiger partial charge on any atom is 0.133 e. The zero-order valence-corrected chi connectivity index (χ0v) is 10.3. The first-order valence-electron chi connectivity index (χ1n) is 3.35. The molecule has 0 aliphatic carbocycles. The van der Waals surface area contributed by atoms with E-state index in [0.717, 1.165) is 18.4 Å². The van der Waals surface area contributed by atoms with Crippen molar-refractivity contribution >= 4 is 56.2 Å². The summed E-state index contributed by atoms with van der Waals surface area (Å²) >= 11 is 4.38. The van der Waals surface area contributed by atoms with Crippen LogP contribution in [0.15, 0.2) is 24.3 Å². The number of fused-ring (bicyclic) bond motifs is 1. The highest BCUT2D eigenvalue weighted by Gasteiger charge is 2.01. The average Bonchev–Trinajstić information content (AvgIpc) is 2.07. The van der Waals surface area contributed by atoms with Crippen LogP contribution in [-0.4, -0.2) is 9.97 Å². The number of halogens is 2. The number of hydrogen-bond acceptors (Lipinski definition) is 2. The minimum Gasteiger partial charge on any atom is -0.237 e. The number of aromatic nitrogens is 2. The minimum atomic E-state index is 0.960. The summed E-state index contributed by atoms with van der Waals surface area (Å²) in [6, 6.07) is 7.89. The Labute approximate surface area is 97.1 Å². The first-order valence-corrected chi connectivity index (χ1v) is 5.51. The molecule has 1 aromatic heterocycles. The van der Waals surface area contributed by atoms with Crippen LogP contribution < -0.4 is 0 Å². The van der Waals surface area contributed by atoms with E-state index >= 15 is 0 Å². The summed E-state index contributed by atoms with van der Waals surface area (Å²) in [5.41, 5.74) is 1.92. The van der Waals surface area contributed by atoms with E-state index in [9.17, 15) is 0 Å². The Morgan fingerprint density at radius 2 is 1.25 bits per heavy atom. The summed E-state index contributed by atoms with van der Waals surface area (Å²) in [5, 5.41) is 0. The summed E-state index contributed by atoms with van der Waals surface area (Å²) in [5.74, 6) is 0. The zero-order valence-electron chi connectivity index (χ0n) is 5.96. The Morgan fingerprint density at radius 3 is 1.67 bits per heavy atom. The van der Waals surface area contributed by atoms with Gasteiger partial charge in [0.2, 0.25) is 0 Å². The Kier molecular flexibility index (Phi) is 2.44.